The quantitative estimate of drug-likeness (QED) is 0.260. The van der Waals surface area contributed by atoms with Crippen LogP contribution in [0, 0.1) is 12.1 Å². The van der Waals surface area contributed by atoms with Crippen molar-refractivity contribution in [3.05, 3.63) is 25.8 Å². The lowest BCUT2D eigenvalue weighted by Crippen LogP contribution is -2.62. The smallest absolute Gasteiger partial charge is 0.590 e. The molecule has 128 valence electrons. The van der Waals surface area contributed by atoms with Gasteiger partial charge < -0.3 is 22.5 Å². The third-order valence-electron chi connectivity index (χ3n) is 2.57. The summed E-state index contributed by atoms with van der Waals surface area (Å²) in [6, 6.07) is 1.73. The zero-order valence-corrected chi connectivity index (χ0v) is 15.8. The summed E-state index contributed by atoms with van der Waals surface area (Å²) < 4.78 is 40.7. The first-order valence-electron chi connectivity index (χ1n) is 6.28. The van der Waals surface area contributed by atoms with Gasteiger partial charge in [-0.2, -0.15) is 0 Å². The number of aromatic nitrogens is 4. The molecular weight excluding hydrogens is 451 g/mol. The Bertz CT molecular complexity index is 731. The van der Waals surface area contributed by atoms with Crippen LogP contribution >= 0.6 is 31.9 Å². The number of benzene rings is 1. The van der Waals surface area contributed by atoms with Crippen LogP contribution in [-0.2, 0) is 5.54 Å². The van der Waals surface area contributed by atoms with Crippen molar-refractivity contribution >= 4 is 50.1 Å². The molecule has 0 saturated carbocycles. The fraction of sp³-hybridized carbons (Fsp3) is 0.455. The largest absolute Gasteiger partial charge is 0.673 e. The van der Waals surface area contributed by atoms with Crippen LogP contribution in [0.15, 0.2) is 15.0 Å². The van der Waals surface area contributed by atoms with E-state index < -0.39 is 7.25 Å². The van der Waals surface area contributed by atoms with E-state index in [4.69, 9.17) is 0 Å². The molecule has 0 aliphatic carbocycles. The van der Waals surface area contributed by atoms with Gasteiger partial charge in [-0.15, -0.1) is 0 Å². The van der Waals surface area contributed by atoms with Crippen LogP contribution in [0.4, 0.5) is 17.3 Å². The summed E-state index contributed by atoms with van der Waals surface area (Å²) in [5.74, 6) is 0. The Morgan fingerprint density at radius 1 is 1.17 bits per heavy atom. The molecular formula is C11H13BBr2F4N4O. The highest BCUT2D eigenvalue weighted by atomic mass is 79.9. The van der Waals surface area contributed by atoms with Crippen molar-refractivity contribution in [1.82, 2.24) is 10.3 Å². The minimum absolute atomic E-state index is 0.346. The van der Waals surface area contributed by atoms with Crippen LogP contribution in [0.1, 0.15) is 26.3 Å². The molecule has 0 radical (unpaired) electrons. The van der Waals surface area contributed by atoms with Gasteiger partial charge in [-0.1, -0.05) is 15.9 Å². The topological polar surface area (TPSA) is 56.6 Å². The average molecular weight is 464 g/mol. The van der Waals surface area contributed by atoms with E-state index in [1.165, 1.54) is 4.80 Å². The molecule has 0 atom stereocenters. The average Bonchev–Trinajstić information content (AvgIpc) is 2.34. The molecule has 0 aliphatic rings. The van der Waals surface area contributed by atoms with Gasteiger partial charge in [-0.05, 0) is 28.4 Å². The van der Waals surface area contributed by atoms with Crippen LogP contribution in [0.5, 0.6) is 0 Å². The third kappa shape index (κ3) is 5.52. The van der Waals surface area contributed by atoms with Gasteiger partial charge in [0, 0.05) is 41.3 Å². The van der Waals surface area contributed by atoms with Gasteiger partial charge in [-0.25, -0.2) is 0 Å². The highest BCUT2D eigenvalue weighted by molar-refractivity contribution is 9.11. The normalized spacial score (nSPS) is 12.1. The van der Waals surface area contributed by atoms with Gasteiger partial charge in [0.15, 0.2) is 0 Å². The third-order valence-corrected chi connectivity index (χ3v) is 4.36. The molecule has 0 bridgehead atoms. The summed E-state index contributed by atoms with van der Waals surface area (Å²) in [5.41, 5.74) is 1.69. The van der Waals surface area contributed by atoms with Crippen LogP contribution in [0.3, 0.4) is 0 Å². The summed E-state index contributed by atoms with van der Waals surface area (Å²) >= 11 is 6.90. The molecule has 1 aromatic carbocycles. The first-order valence-corrected chi connectivity index (χ1v) is 7.87. The summed E-state index contributed by atoms with van der Waals surface area (Å²) in [6.07, 6.45) is 0. The standard InChI is InChI=1S/C11H13Br2N4O.BF4/c1-6-7(12)5-8-10(9(6)13)14-17(11(2,3)4)15-16(8)18;2-1(3,4)5/h5H,1-4H3;/q+1;-1. The molecule has 0 saturated heterocycles. The Kier molecular flexibility index (Phi) is 5.95. The molecule has 0 unspecified atom stereocenters. The molecule has 0 aliphatic heterocycles. The fourth-order valence-corrected chi connectivity index (χ4v) is 2.63. The second-order valence-electron chi connectivity index (χ2n) is 5.58. The van der Waals surface area contributed by atoms with E-state index in [1.807, 2.05) is 27.7 Å². The maximum Gasteiger partial charge on any atom is 0.673 e. The lowest BCUT2D eigenvalue weighted by molar-refractivity contribution is -0.941. The van der Waals surface area contributed by atoms with Crippen molar-refractivity contribution in [3.63, 3.8) is 0 Å². The maximum atomic E-state index is 12.0. The maximum absolute atomic E-state index is 12.0. The fourth-order valence-electron chi connectivity index (χ4n) is 1.46. The lowest BCUT2D eigenvalue weighted by atomic mass is 10.1. The Morgan fingerprint density at radius 2 is 1.65 bits per heavy atom. The lowest BCUT2D eigenvalue weighted by Gasteiger charge is -2.08. The predicted octanol–water partition coefficient (Wildman–Crippen LogP) is 3.44. The van der Waals surface area contributed by atoms with E-state index in [0.29, 0.717) is 15.9 Å². The van der Waals surface area contributed by atoms with Gasteiger partial charge >= 0.3 is 12.5 Å². The Balaban J connectivity index is 0.000000463. The number of hydrogen-bond acceptors (Lipinski definition) is 3. The van der Waals surface area contributed by atoms with Crippen molar-refractivity contribution in [2.75, 3.05) is 0 Å². The molecule has 1 heterocycles. The molecule has 0 spiro atoms. The molecule has 1 aromatic heterocycles. The van der Waals surface area contributed by atoms with Gasteiger partial charge in [0.25, 0.3) is 5.52 Å². The zero-order chi connectivity index (χ0) is 18.2. The van der Waals surface area contributed by atoms with Crippen molar-refractivity contribution < 1.29 is 26.9 Å². The van der Waals surface area contributed by atoms with Crippen LogP contribution in [-0.4, -0.2) is 17.6 Å². The van der Waals surface area contributed by atoms with Gasteiger partial charge in [0.1, 0.15) is 0 Å². The first-order chi connectivity index (χ1) is 10.2. The van der Waals surface area contributed by atoms with Crippen molar-refractivity contribution in [3.8, 4) is 0 Å². The Labute approximate surface area is 146 Å². The van der Waals surface area contributed by atoms with Crippen LogP contribution in [0.2, 0.25) is 0 Å². The van der Waals surface area contributed by atoms with Crippen LogP contribution < -0.4 is 9.64 Å². The van der Waals surface area contributed by atoms with Crippen molar-refractivity contribution in [2.45, 2.75) is 33.2 Å². The predicted molar refractivity (Wildman–Crippen MR) is 84.0 cm³/mol. The molecule has 0 N–H and O–H groups in total. The molecule has 5 nitrogen and oxygen atoms in total. The Hall–Kier alpha value is -1.04. The zero-order valence-electron chi connectivity index (χ0n) is 12.6. The van der Waals surface area contributed by atoms with Crippen LogP contribution in [0.25, 0.3) is 11.0 Å². The van der Waals surface area contributed by atoms with E-state index in [1.54, 1.807) is 6.07 Å². The highest BCUT2D eigenvalue weighted by Crippen LogP contribution is 2.29. The summed E-state index contributed by atoms with van der Waals surface area (Å²) in [6.45, 7) is 7.78. The molecule has 2 aromatic rings. The van der Waals surface area contributed by atoms with E-state index >= 15 is 0 Å². The van der Waals surface area contributed by atoms with E-state index in [9.17, 15) is 22.5 Å². The SMILES string of the molecule is Cc1c(Br)cc2c(n[n+](C(C)(C)C)n[n+]2[O-])c1Br.F[B-](F)(F)F. The van der Waals surface area contributed by atoms with Gasteiger partial charge in [0.2, 0.25) is 11.1 Å². The second-order valence-corrected chi connectivity index (χ2v) is 7.23. The summed E-state index contributed by atoms with van der Waals surface area (Å²) in [5, 5.41) is 20.3. The number of rotatable bonds is 0. The molecule has 2 rings (SSSR count). The number of hydrogen-bond donors (Lipinski definition) is 0. The van der Waals surface area contributed by atoms with Gasteiger partial charge in [0.05, 0.1) is 9.27 Å². The van der Waals surface area contributed by atoms with E-state index in [-0.39, 0.29) is 5.54 Å². The van der Waals surface area contributed by atoms with Gasteiger partial charge in [-0.3, -0.25) is 0 Å². The monoisotopic (exact) mass is 462 g/mol. The number of nitrogens with zero attached hydrogens (tertiary/aromatic N) is 4. The van der Waals surface area contributed by atoms with E-state index in [0.717, 1.165) is 14.5 Å². The summed E-state index contributed by atoms with van der Waals surface area (Å²) in [7, 11) is -6.00. The molecule has 0 fully saturated rings. The highest BCUT2D eigenvalue weighted by Gasteiger charge is 2.32. The minimum atomic E-state index is -6.00. The second kappa shape index (κ2) is 6.84. The molecule has 23 heavy (non-hydrogen) atoms. The first kappa shape index (κ1) is 20.0. The summed E-state index contributed by atoms with van der Waals surface area (Å²) in [4.78, 5) is 2.03. The number of fused-ring (bicyclic) bond motifs is 1. The Morgan fingerprint density at radius 3 is 2.09 bits per heavy atom. The van der Waals surface area contributed by atoms with Crippen molar-refractivity contribution in [1.29, 1.82) is 0 Å². The number of halogens is 6. The molecule has 0 amide bonds. The minimum Gasteiger partial charge on any atom is -0.590 e. The molecule has 12 heteroatoms. The van der Waals surface area contributed by atoms with Crippen molar-refractivity contribution in [2.24, 2.45) is 0 Å². The van der Waals surface area contributed by atoms with E-state index in [2.05, 4.69) is 42.2 Å².